The van der Waals surface area contributed by atoms with Gasteiger partial charge in [-0.05, 0) is 12.1 Å². The van der Waals surface area contributed by atoms with Crippen LogP contribution in [0.25, 0.3) is 0 Å². The summed E-state index contributed by atoms with van der Waals surface area (Å²) in [7, 11) is 0. The van der Waals surface area contributed by atoms with Gasteiger partial charge in [0.2, 0.25) is 0 Å². The number of carbonyl (C=O) groups is 6. The number of imide groups is 1. The third kappa shape index (κ3) is 5.30. The van der Waals surface area contributed by atoms with Crippen LogP contribution in [0.4, 0.5) is 0 Å². The first kappa shape index (κ1) is 28.4. The van der Waals surface area contributed by atoms with E-state index in [-0.39, 0.29) is 16.7 Å². The van der Waals surface area contributed by atoms with Crippen molar-refractivity contribution in [3.8, 4) is 0 Å². The van der Waals surface area contributed by atoms with E-state index >= 15 is 0 Å². The van der Waals surface area contributed by atoms with Crippen LogP contribution < -0.4 is 0 Å². The summed E-state index contributed by atoms with van der Waals surface area (Å²) in [5.41, 5.74) is 0.285. The minimum atomic E-state index is -2.29. The lowest BCUT2D eigenvalue weighted by Crippen LogP contribution is -2.72. The highest BCUT2D eigenvalue weighted by Gasteiger charge is 2.66. The fourth-order valence-electron chi connectivity index (χ4n) is 5.00. The molecule has 5 atom stereocenters. The third-order valence-corrected chi connectivity index (χ3v) is 6.35. The van der Waals surface area contributed by atoms with Gasteiger partial charge in [0.25, 0.3) is 17.6 Å². The van der Waals surface area contributed by atoms with Crippen LogP contribution in [0.3, 0.4) is 0 Å². The maximum atomic E-state index is 13.8. The molecule has 2 heterocycles. The minimum absolute atomic E-state index is 0.0601. The molecule has 1 fully saturated rings. The van der Waals surface area contributed by atoms with E-state index in [0.717, 1.165) is 32.6 Å². The maximum Gasteiger partial charge on any atom is 0.305 e. The van der Waals surface area contributed by atoms with Crippen molar-refractivity contribution < 1.29 is 52.5 Å². The largest absolute Gasteiger partial charge is 0.463 e. The van der Waals surface area contributed by atoms with Crippen LogP contribution in [-0.4, -0.2) is 71.6 Å². The summed E-state index contributed by atoms with van der Waals surface area (Å²) in [5.74, 6) is -7.10. The van der Waals surface area contributed by atoms with Crippen LogP contribution in [0.15, 0.2) is 54.6 Å². The highest BCUT2D eigenvalue weighted by molar-refractivity contribution is 6.21. The van der Waals surface area contributed by atoms with Crippen molar-refractivity contribution in [3.05, 3.63) is 71.3 Å². The van der Waals surface area contributed by atoms with E-state index in [0.29, 0.717) is 0 Å². The topological polar surface area (TPSA) is 152 Å². The van der Waals surface area contributed by atoms with E-state index in [1.807, 2.05) is 0 Å². The molecule has 2 aliphatic heterocycles. The van der Waals surface area contributed by atoms with Crippen molar-refractivity contribution in [1.29, 1.82) is 0 Å². The lowest BCUT2D eigenvalue weighted by Gasteiger charge is -2.52. The molecule has 2 aliphatic rings. The number of hydrogen-bond donors (Lipinski definition) is 0. The zero-order valence-corrected chi connectivity index (χ0v) is 22.2. The maximum absolute atomic E-state index is 13.8. The van der Waals surface area contributed by atoms with E-state index in [2.05, 4.69) is 0 Å². The van der Waals surface area contributed by atoms with Crippen molar-refractivity contribution in [2.45, 2.75) is 57.8 Å². The molecule has 210 valence electrons. The van der Waals surface area contributed by atoms with Gasteiger partial charge < -0.3 is 23.7 Å². The zero-order valence-electron chi connectivity index (χ0n) is 22.2. The van der Waals surface area contributed by atoms with Gasteiger partial charge in [-0.25, -0.2) is 0 Å². The average molecular weight is 554 g/mol. The van der Waals surface area contributed by atoms with Gasteiger partial charge in [0.05, 0.1) is 11.1 Å². The van der Waals surface area contributed by atoms with Gasteiger partial charge in [0.15, 0.2) is 18.2 Å². The summed E-state index contributed by atoms with van der Waals surface area (Å²) < 4.78 is 28.4. The van der Waals surface area contributed by atoms with E-state index in [1.54, 1.807) is 30.3 Å². The first-order chi connectivity index (χ1) is 19.0. The Morgan fingerprint density at radius 3 is 1.77 bits per heavy atom. The third-order valence-electron chi connectivity index (χ3n) is 6.35. The standard InChI is InChI=1S/C28H27NO11/c1-15(30)36-14-22-23(37-16(2)31)24(38-17(3)32)25(29-26(34)20-12-8-9-13-21(20)27(29)35)28(40-22,39-18(4)33)19-10-6-5-7-11-19/h5-13,22-25H,14H2,1-4H3/t22-,23-,24+,25-,28+/m1/s1. The molecule has 0 radical (unpaired) electrons. The Bertz CT molecular complexity index is 1320. The fourth-order valence-corrected chi connectivity index (χ4v) is 5.00. The quantitative estimate of drug-likeness (QED) is 0.281. The Morgan fingerprint density at radius 1 is 0.750 bits per heavy atom. The van der Waals surface area contributed by atoms with Crippen LogP contribution in [0.1, 0.15) is 54.0 Å². The fraction of sp³-hybridized carbons (Fsp3) is 0.357. The molecule has 0 bridgehead atoms. The van der Waals surface area contributed by atoms with E-state index in [4.69, 9.17) is 23.7 Å². The number of benzene rings is 2. The number of amides is 2. The normalized spacial score (nSPS) is 25.6. The van der Waals surface area contributed by atoms with Crippen LogP contribution in [-0.2, 0) is 48.6 Å². The Morgan fingerprint density at radius 2 is 1.27 bits per heavy atom. The van der Waals surface area contributed by atoms with Gasteiger partial charge in [-0.2, -0.15) is 0 Å². The molecule has 2 aromatic carbocycles. The number of fused-ring (bicyclic) bond motifs is 1. The van der Waals surface area contributed by atoms with Gasteiger partial charge in [0.1, 0.15) is 12.7 Å². The van der Waals surface area contributed by atoms with Crippen LogP contribution >= 0.6 is 0 Å². The molecule has 0 saturated carbocycles. The molecule has 2 amide bonds. The lowest BCUT2D eigenvalue weighted by atomic mass is 9.84. The summed E-state index contributed by atoms with van der Waals surface area (Å²) in [4.78, 5) is 77.3. The van der Waals surface area contributed by atoms with Gasteiger partial charge in [0, 0.05) is 33.3 Å². The number of carbonyl (C=O) groups excluding carboxylic acids is 6. The molecule has 0 aromatic heterocycles. The van der Waals surface area contributed by atoms with Crippen LogP contribution in [0.5, 0.6) is 0 Å². The van der Waals surface area contributed by atoms with Crippen molar-refractivity contribution >= 4 is 35.7 Å². The van der Waals surface area contributed by atoms with Gasteiger partial charge in [-0.1, -0.05) is 42.5 Å². The smallest absolute Gasteiger partial charge is 0.305 e. The monoisotopic (exact) mass is 553 g/mol. The molecule has 0 aliphatic carbocycles. The molecule has 12 heteroatoms. The molecule has 0 unspecified atom stereocenters. The number of esters is 4. The SMILES string of the molecule is CC(=O)OC[C@H]1O[C@@](OC(C)=O)(c2ccccc2)[C@H](N2C(=O)c3ccccc3C2=O)[C@@H](OC(C)=O)[C@@H]1OC(C)=O. The van der Waals surface area contributed by atoms with Crippen molar-refractivity contribution in [1.82, 2.24) is 4.90 Å². The summed E-state index contributed by atoms with van der Waals surface area (Å²) in [6.07, 6.45) is -4.50. The van der Waals surface area contributed by atoms with E-state index < -0.39 is 72.4 Å². The zero-order chi connectivity index (χ0) is 29.2. The molecule has 4 rings (SSSR count). The molecule has 1 saturated heterocycles. The van der Waals surface area contributed by atoms with Crippen molar-refractivity contribution in [3.63, 3.8) is 0 Å². The van der Waals surface area contributed by atoms with Crippen LogP contribution in [0.2, 0.25) is 0 Å². The Balaban J connectivity index is 2.01. The number of nitrogens with zero attached hydrogens (tertiary/aromatic N) is 1. The molecular formula is C28H27NO11. The molecule has 0 spiro atoms. The van der Waals surface area contributed by atoms with Gasteiger partial charge in [-0.15, -0.1) is 0 Å². The molecule has 40 heavy (non-hydrogen) atoms. The summed E-state index contributed by atoms with van der Waals surface area (Å²) in [6.45, 7) is 3.89. The predicted octanol–water partition coefficient (Wildman–Crippen LogP) is 1.89. The number of rotatable bonds is 7. The second kappa shape index (κ2) is 11.3. The van der Waals surface area contributed by atoms with Gasteiger partial charge in [-0.3, -0.25) is 33.7 Å². The lowest BCUT2D eigenvalue weighted by molar-refractivity contribution is -0.341. The Kier molecular flexibility index (Phi) is 8.01. The predicted molar refractivity (Wildman–Crippen MR) is 133 cm³/mol. The average Bonchev–Trinajstić information content (AvgIpc) is 3.14. The molecule has 2 aromatic rings. The van der Waals surface area contributed by atoms with E-state index in [9.17, 15) is 28.8 Å². The Labute approximate surface area is 229 Å². The summed E-state index contributed by atoms with van der Waals surface area (Å²) in [5, 5.41) is 0. The minimum Gasteiger partial charge on any atom is -0.463 e. The second-order valence-electron chi connectivity index (χ2n) is 9.20. The highest BCUT2D eigenvalue weighted by atomic mass is 16.7. The van der Waals surface area contributed by atoms with E-state index in [1.165, 1.54) is 24.3 Å². The first-order valence-electron chi connectivity index (χ1n) is 12.3. The summed E-state index contributed by atoms with van der Waals surface area (Å²) in [6, 6.07) is 12.3. The highest BCUT2D eigenvalue weighted by Crippen LogP contribution is 2.46. The number of hydrogen-bond acceptors (Lipinski definition) is 11. The van der Waals surface area contributed by atoms with Gasteiger partial charge >= 0.3 is 23.9 Å². The summed E-state index contributed by atoms with van der Waals surface area (Å²) >= 11 is 0. The molecular weight excluding hydrogens is 526 g/mol. The molecule has 12 nitrogen and oxygen atoms in total. The second-order valence-corrected chi connectivity index (χ2v) is 9.20. The number of ether oxygens (including phenoxy) is 5. The first-order valence-corrected chi connectivity index (χ1v) is 12.3. The van der Waals surface area contributed by atoms with Crippen LogP contribution in [0, 0.1) is 0 Å². The van der Waals surface area contributed by atoms with Crippen molar-refractivity contribution in [2.24, 2.45) is 0 Å². The molecule has 0 N–H and O–H groups in total. The Hall–Kier alpha value is -4.58. The van der Waals surface area contributed by atoms with Crippen molar-refractivity contribution in [2.75, 3.05) is 6.61 Å².